The van der Waals surface area contributed by atoms with Crippen LogP contribution in [0.4, 0.5) is 5.69 Å². The fraction of sp³-hybridized carbons (Fsp3) is 0.235. The largest absolute Gasteiger partial charge is 0.398 e. The Morgan fingerprint density at radius 1 is 1.19 bits per heavy atom. The van der Waals surface area contributed by atoms with Gasteiger partial charge in [-0.2, -0.15) is 0 Å². The molecule has 4 heteroatoms. The minimum absolute atomic E-state index is 0.0990. The first kappa shape index (κ1) is 15.4. The monoisotopic (exact) mass is 302 g/mol. The van der Waals surface area contributed by atoms with Crippen molar-refractivity contribution in [2.75, 3.05) is 12.3 Å². The molecule has 0 aromatic heterocycles. The summed E-state index contributed by atoms with van der Waals surface area (Å²) in [5, 5.41) is 0.325. The Bertz CT molecular complexity index is 655. The Morgan fingerprint density at radius 3 is 2.57 bits per heavy atom. The van der Waals surface area contributed by atoms with Crippen molar-refractivity contribution in [2.24, 2.45) is 0 Å². The minimum Gasteiger partial charge on any atom is -0.398 e. The van der Waals surface area contributed by atoms with Crippen LogP contribution in [0.3, 0.4) is 0 Å². The molecule has 0 spiro atoms. The normalized spacial score (nSPS) is 10.4. The van der Waals surface area contributed by atoms with E-state index in [4.69, 9.17) is 17.3 Å². The molecule has 2 rings (SSSR count). The zero-order valence-corrected chi connectivity index (χ0v) is 13.0. The Morgan fingerprint density at radius 2 is 1.90 bits per heavy atom. The maximum Gasteiger partial charge on any atom is 0.255 e. The first-order chi connectivity index (χ1) is 10.0. The minimum atomic E-state index is -0.0990. The van der Waals surface area contributed by atoms with E-state index >= 15 is 0 Å². The number of halogens is 1. The van der Waals surface area contributed by atoms with Crippen LogP contribution in [-0.4, -0.2) is 17.4 Å². The van der Waals surface area contributed by atoms with Crippen molar-refractivity contribution < 1.29 is 4.79 Å². The van der Waals surface area contributed by atoms with Gasteiger partial charge in [0.2, 0.25) is 0 Å². The summed E-state index contributed by atoms with van der Waals surface area (Å²) >= 11 is 6.15. The van der Waals surface area contributed by atoms with E-state index in [2.05, 4.69) is 0 Å². The molecule has 0 saturated heterocycles. The Hall–Kier alpha value is -2.00. The number of benzene rings is 2. The molecule has 0 radical (unpaired) electrons. The molecule has 0 fully saturated rings. The second kappa shape index (κ2) is 6.64. The van der Waals surface area contributed by atoms with Gasteiger partial charge in [-0.25, -0.2) is 0 Å². The van der Waals surface area contributed by atoms with Crippen molar-refractivity contribution in [3.63, 3.8) is 0 Å². The summed E-state index contributed by atoms with van der Waals surface area (Å²) in [7, 11) is 0. The standard InChI is InChI=1S/C17H19ClN2O/c1-3-20(11-13-8-5-4-7-12(13)2)17(21)14-9-6-10-15(19)16(14)18/h4-10H,3,11,19H2,1-2H3. The molecular formula is C17H19ClN2O. The lowest BCUT2D eigenvalue weighted by Crippen LogP contribution is -2.30. The van der Waals surface area contributed by atoms with E-state index in [0.717, 1.165) is 5.56 Å². The fourth-order valence-electron chi connectivity index (χ4n) is 2.21. The Kier molecular flexibility index (Phi) is 4.86. The number of hydrogen-bond acceptors (Lipinski definition) is 2. The molecule has 0 aliphatic heterocycles. The predicted molar refractivity (Wildman–Crippen MR) is 87.5 cm³/mol. The molecule has 0 heterocycles. The van der Waals surface area contributed by atoms with Crippen LogP contribution in [-0.2, 0) is 6.54 Å². The van der Waals surface area contributed by atoms with Gasteiger partial charge in [-0.3, -0.25) is 4.79 Å². The third kappa shape index (κ3) is 3.37. The lowest BCUT2D eigenvalue weighted by atomic mass is 10.1. The summed E-state index contributed by atoms with van der Waals surface area (Å²) in [4.78, 5) is 14.4. The molecule has 0 unspecified atom stereocenters. The SMILES string of the molecule is CCN(Cc1ccccc1C)C(=O)c1cccc(N)c1Cl. The average molecular weight is 303 g/mol. The molecule has 2 N–H and O–H groups in total. The van der Waals surface area contributed by atoms with E-state index in [1.807, 2.05) is 38.1 Å². The lowest BCUT2D eigenvalue weighted by molar-refractivity contribution is 0.0752. The average Bonchev–Trinajstić information content (AvgIpc) is 2.48. The molecule has 21 heavy (non-hydrogen) atoms. The van der Waals surface area contributed by atoms with Crippen molar-refractivity contribution in [1.82, 2.24) is 4.90 Å². The summed E-state index contributed by atoms with van der Waals surface area (Å²) in [6.07, 6.45) is 0. The topological polar surface area (TPSA) is 46.3 Å². The van der Waals surface area contributed by atoms with Crippen molar-refractivity contribution >= 4 is 23.2 Å². The number of carbonyl (C=O) groups excluding carboxylic acids is 1. The summed E-state index contributed by atoms with van der Waals surface area (Å²) in [5.41, 5.74) is 8.95. The van der Waals surface area contributed by atoms with Crippen LogP contribution in [0, 0.1) is 6.92 Å². The van der Waals surface area contributed by atoms with Gasteiger partial charge in [0.05, 0.1) is 16.3 Å². The number of hydrogen-bond donors (Lipinski definition) is 1. The van der Waals surface area contributed by atoms with Crippen molar-refractivity contribution in [3.05, 3.63) is 64.2 Å². The molecule has 3 nitrogen and oxygen atoms in total. The zero-order chi connectivity index (χ0) is 15.4. The van der Waals surface area contributed by atoms with Crippen molar-refractivity contribution in [1.29, 1.82) is 0 Å². The number of amides is 1. The first-order valence-electron chi connectivity index (χ1n) is 6.92. The number of carbonyl (C=O) groups is 1. The van der Waals surface area contributed by atoms with Crippen LogP contribution in [0.15, 0.2) is 42.5 Å². The van der Waals surface area contributed by atoms with E-state index < -0.39 is 0 Å². The quantitative estimate of drug-likeness (QED) is 0.871. The highest BCUT2D eigenvalue weighted by Crippen LogP contribution is 2.25. The first-order valence-corrected chi connectivity index (χ1v) is 7.30. The molecular weight excluding hydrogens is 284 g/mol. The molecule has 0 atom stereocenters. The molecule has 0 aliphatic carbocycles. The van der Waals surface area contributed by atoms with E-state index in [0.29, 0.717) is 29.4 Å². The van der Waals surface area contributed by atoms with Crippen LogP contribution in [0.25, 0.3) is 0 Å². The highest BCUT2D eigenvalue weighted by molar-refractivity contribution is 6.36. The molecule has 2 aromatic carbocycles. The molecule has 110 valence electrons. The highest BCUT2D eigenvalue weighted by Gasteiger charge is 2.18. The van der Waals surface area contributed by atoms with Gasteiger partial charge in [0, 0.05) is 13.1 Å². The van der Waals surface area contributed by atoms with Gasteiger partial charge in [-0.1, -0.05) is 41.9 Å². The number of anilines is 1. The third-order valence-corrected chi connectivity index (χ3v) is 3.97. The molecule has 0 saturated carbocycles. The molecule has 1 amide bonds. The van der Waals surface area contributed by atoms with Gasteiger partial charge < -0.3 is 10.6 Å². The van der Waals surface area contributed by atoms with Crippen molar-refractivity contribution in [3.8, 4) is 0 Å². The number of aryl methyl sites for hydroxylation is 1. The van der Waals surface area contributed by atoms with Gasteiger partial charge in [0.15, 0.2) is 0 Å². The second-order valence-corrected chi connectivity index (χ2v) is 5.33. The van der Waals surface area contributed by atoms with Crippen LogP contribution in [0.5, 0.6) is 0 Å². The zero-order valence-electron chi connectivity index (χ0n) is 12.3. The van der Waals surface area contributed by atoms with Crippen LogP contribution in [0.1, 0.15) is 28.4 Å². The maximum absolute atomic E-state index is 12.7. The number of nitrogens with two attached hydrogens (primary N) is 1. The predicted octanol–water partition coefficient (Wildman–Crippen LogP) is 3.89. The number of nitrogen functional groups attached to an aromatic ring is 1. The Balaban J connectivity index is 2.27. The third-order valence-electron chi connectivity index (χ3n) is 3.55. The van der Waals surface area contributed by atoms with Gasteiger partial charge in [0.25, 0.3) is 5.91 Å². The van der Waals surface area contributed by atoms with Gasteiger partial charge in [-0.05, 0) is 37.1 Å². The lowest BCUT2D eigenvalue weighted by Gasteiger charge is -2.22. The smallest absolute Gasteiger partial charge is 0.255 e. The summed E-state index contributed by atoms with van der Waals surface area (Å²) in [6.45, 7) is 5.17. The van der Waals surface area contributed by atoms with Crippen LogP contribution in [0.2, 0.25) is 5.02 Å². The van der Waals surface area contributed by atoms with E-state index in [9.17, 15) is 4.79 Å². The summed E-state index contributed by atoms with van der Waals surface area (Å²) in [5.74, 6) is -0.0990. The fourth-order valence-corrected chi connectivity index (χ4v) is 2.41. The molecule has 0 aliphatic rings. The van der Waals surface area contributed by atoms with Gasteiger partial charge >= 0.3 is 0 Å². The van der Waals surface area contributed by atoms with E-state index in [1.54, 1.807) is 23.1 Å². The van der Waals surface area contributed by atoms with Crippen LogP contribution < -0.4 is 5.73 Å². The number of nitrogens with zero attached hydrogens (tertiary/aromatic N) is 1. The summed E-state index contributed by atoms with van der Waals surface area (Å²) in [6, 6.07) is 13.2. The van der Waals surface area contributed by atoms with Crippen LogP contribution >= 0.6 is 11.6 Å². The molecule has 2 aromatic rings. The van der Waals surface area contributed by atoms with Gasteiger partial charge in [-0.15, -0.1) is 0 Å². The number of rotatable bonds is 4. The van der Waals surface area contributed by atoms with E-state index in [-0.39, 0.29) is 5.91 Å². The van der Waals surface area contributed by atoms with Crippen molar-refractivity contribution in [2.45, 2.75) is 20.4 Å². The highest BCUT2D eigenvalue weighted by atomic mass is 35.5. The Labute approximate surface area is 130 Å². The second-order valence-electron chi connectivity index (χ2n) is 4.95. The summed E-state index contributed by atoms with van der Waals surface area (Å²) < 4.78 is 0. The molecule has 0 bridgehead atoms. The van der Waals surface area contributed by atoms with E-state index in [1.165, 1.54) is 5.56 Å². The maximum atomic E-state index is 12.7. The van der Waals surface area contributed by atoms with Gasteiger partial charge in [0.1, 0.15) is 0 Å².